The maximum absolute atomic E-state index is 9.76. The topological polar surface area (TPSA) is 64.7 Å². The predicted molar refractivity (Wildman–Crippen MR) is 118 cm³/mol. The Bertz CT molecular complexity index is 547. The summed E-state index contributed by atoms with van der Waals surface area (Å²) in [6.07, 6.45) is 8.68. The van der Waals surface area contributed by atoms with Crippen LogP contribution in [0.5, 0.6) is 11.5 Å². The van der Waals surface area contributed by atoms with Crippen molar-refractivity contribution in [2.75, 3.05) is 20.3 Å². The molecule has 1 rings (SSSR count). The number of hydrogen-bond donors (Lipinski definition) is 2. The number of hydrogen-bond acceptors (Lipinski definition) is 4. The van der Waals surface area contributed by atoms with Crippen LogP contribution in [0.1, 0.15) is 78.2 Å². The Kier molecular flexibility index (Phi) is 11.6. The maximum Gasteiger partial charge on any atom is 0.125 e. The van der Waals surface area contributed by atoms with Crippen LogP contribution in [-0.4, -0.2) is 31.0 Å². The minimum atomic E-state index is -0.551. The van der Waals surface area contributed by atoms with Gasteiger partial charge in [-0.1, -0.05) is 65.9 Å². The van der Waals surface area contributed by atoms with Crippen LogP contribution in [0.25, 0.3) is 0 Å². The lowest BCUT2D eigenvalue weighted by atomic mass is 9.80. The lowest BCUT2D eigenvalue weighted by Crippen LogP contribution is -2.49. The molecule has 0 radical (unpaired) electrons. The van der Waals surface area contributed by atoms with Gasteiger partial charge >= 0.3 is 0 Å². The zero-order valence-electron chi connectivity index (χ0n) is 18.8. The monoisotopic (exact) mass is 393 g/mol. The molecule has 1 aromatic carbocycles. The molecule has 0 aliphatic heterocycles. The largest absolute Gasteiger partial charge is 0.496 e. The summed E-state index contributed by atoms with van der Waals surface area (Å²) in [6, 6.07) is 6.04. The quantitative estimate of drug-likeness (QED) is 0.394. The van der Waals surface area contributed by atoms with Crippen molar-refractivity contribution in [1.29, 1.82) is 0 Å². The first-order valence-corrected chi connectivity index (χ1v) is 11.1. The van der Waals surface area contributed by atoms with E-state index in [1.807, 2.05) is 12.1 Å². The third-order valence-corrected chi connectivity index (χ3v) is 5.95. The normalized spacial score (nSPS) is 14.7. The van der Waals surface area contributed by atoms with Crippen molar-refractivity contribution in [2.45, 2.75) is 84.6 Å². The molecule has 0 aliphatic carbocycles. The van der Waals surface area contributed by atoms with Gasteiger partial charge in [0.05, 0.1) is 20.3 Å². The van der Waals surface area contributed by atoms with Crippen molar-refractivity contribution >= 4 is 0 Å². The van der Waals surface area contributed by atoms with E-state index in [0.717, 1.165) is 55.3 Å². The summed E-state index contributed by atoms with van der Waals surface area (Å²) in [5, 5.41) is 9.76. The zero-order valence-corrected chi connectivity index (χ0v) is 18.8. The number of benzene rings is 1. The van der Waals surface area contributed by atoms with Gasteiger partial charge in [0.2, 0.25) is 0 Å². The standard InChI is InChI=1S/C24H43NO3/c1-6-20(4)24(25,18-26)15-14-21-12-13-22(17-23(21)27-5)28-16-10-8-7-9-11-19(2)3/h12-13,17,19-20,26H,6-11,14-16,18,25H2,1-5H3. The SMILES string of the molecule is CCC(C)C(N)(CO)CCc1ccc(OCCCCCCC(C)C)cc1OC. The van der Waals surface area contributed by atoms with Crippen molar-refractivity contribution in [1.82, 2.24) is 0 Å². The Morgan fingerprint density at radius 3 is 2.43 bits per heavy atom. The summed E-state index contributed by atoms with van der Waals surface area (Å²) in [5.41, 5.74) is 6.99. The summed E-state index contributed by atoms with van der Waals surface area (Å²) < 4.78 is 11.5. The average Bonchev–Trinajstić information content (AvgIpc) is 2.70. The molecule has 162 valence electrons. The van der Waals surface area contributed by atoms with Gasteiger partial charge in [0.15, 0.2) is 0 Å². The first-order chi connectivity index (χ1) is 13.4. The van der Waals surface area contributed by atoms with Gasteiger partial charge in [-0.15, -0.1) is 0 Å². The van der Waals surface area contributed by atoms with Crippen LogP contribution >= 0.6 is 0 Å². The van der Waals surface area contributed by atoms with Crippen molar-refractivity contribution in [2.24, 2.45) is 17.6 Å². The molecule has 0 bridgehead atoms. The predicted octanol–water partition coefficient (Wildman–Crippen LogP) is 5.35. The molecule has 0 heterocycles. The number of nitrogens with two attached hydrogens (primary N) is 1. The summed E-state index contributed by atoms with van der Waals surface area (Å²) in [6.45, 7) is 9.52. The van der Waals surface area contributed by atoms with Gasteiger partial charge in [0, 0.05) is 11.6 Å². The second-order valence-corrected chi connectivity index (χ2v) is 8.62. The second kappa shape index (κ2) is 13.1. The molecule has 2 unspecified atom stereocenters. The van der Waals surface area contributed by atoms with Gasteiger partial charge in [-0.25, -0.2) is 0 Å². The summed E-state index contributed by atoms with van der Waals surface area (Å²) in [7, 11) is 1.69. The lowest BCUT2D eigenvalue weighted by molar-refractivity contribution is 0.136. The highest BCUT2D eigenvalue weighted by Crippen LogP contribution is 2.29. The number of methoxy groups -OCH3 is 1. The van der Waals surface area contributed by atoms with Crippen molar-refractivity contribution in [3.63, 3.8) is 0 Å². The van der Waals surface area contributed by atoms with Gasteiger partial charge in [-0.3, -0.25) is 0 Å². The highest BCUT2D eigenvalue weighted by atomic mass is 16.5. The van der Waals surface area contributed by atoms with Gasteiger partial charge in [0.25, 0.3) is 0 Å². The van der Waals surface area contributed by atoms with Gasteiger partial charge < -0.3 is 20.3 Å². The molecule has 3 N–H and O–H groups in total. The first kappa shape index (κ1) is 24.8. The van der Waals surface area contributed by atoms with E-state index in [1.54, 1.807) is 7.11 Å². The van der Waals surface area contributed by atoms with Crippen LogP contribution in [0.2, 0.25) is 0 Å². The molecule has 0 aliphatic rings. The molecule has 0 saturated carbocycles. The van der Waals surface area contributed by atoms with Crippen molar-refractivity contribution < 1.29 is 14.6 Å². The number of unbranched alkanes of at least 4 members (excludes halogenated alkanes) is 3. The van der Waals surface area contributed by atoms with E-state index in [9.17, 15) is 5.11 Å². The minimum absolute atomic E-state index is 0.00266. The third kappa shape index (κ3) is 8.40. The molecule has 0 aromatic heterocycles. The highest BCUT2D eigenvalue weighted by molar-refractivity contribution is 5.41. The van der Waals surface area contributed by atoms with E-state index in [2.05, 4.69) is 33.8 Å². The van der Waals surface area contributed by atoms with E-state index in [1.165, 1.54) is 25.7 Å². The van der Waals surface area contributed by atoms with Crippen LogP contribution in [0.15, 0.2) is 18.2 Å². The fourth-order valence-corrected chi connectivity index (χ4v) is 3.47. The molecule has 4 nitrogen and oxygen atoms in total. The molecule has 0 spiro atoms. The fourth-order valence-electron chi connectivity index (χ4n) is 3.47. The minimum Gasteiger partial charge on any atom is -0.496 e. The van der Waals surface area contributed by atoms with Crippen LogP contribution in [0.3, 0.4) is 0 Å². The number of aliphatic hydroxyl groups excluding tert-OH is 1. The van der Waals surface area contributed by atoms with Crippen LogP contribution in [0, 0.1) is 11.8 Å². The average molecular weight is 394 g/mol. The Morgan fingerprint density at radius 2 is 1.82 bits per heavy atom. The number of rotatable bonds is 15. The molecule has 1 aromatic rings. The zero-order chi connectivity index (χ0) is 21.0. The van der Waals surface area contributed by atoms with E-state index in [4.69, 9.17) is 15.2 Å². The number of aryl methyl sites for hydroxylation is 1. The number of aliphatic hydroxyl groups is 1. The molecule has 0 amide bonds. The van der Waals surface area contributed by atoms with Crippen molar-refractivity contribution in [3.05, 3.63) is 23.8 Å². The van der Waals surface area contributed by atoms with E-state index in [0.29, 0.717) is 0 Å². The van der Waals surface area contributed by atoms with Crippen LogP contribution < -0.4 is 15.2 Å². The first-order valence-electron chi connectivity index (χ1n) is 11.1. The van der Waals surface area contributed by atoms with Gasteiger partial charge in [0.1, 0.15) is 11.5 Å². The van der Waals surface area contributed by atoms with E-state index in [-0.39, 0.29) is 12.5 Å². The highest BCUT2D eigenvalue weighted by Gasteiger charge is 2.30. The molecule has 4 heteroatoms. The van der Waals surface area contributed by atoms with Gasteiger partial charge in [-0.05, 0) is 42.7 Å². The van der Waals surface area contributed by atoms with E-state index < -0.39 is 5.54 Å². The number of ether oxygens (including phenoxy) is 2. The maximum atomic E-state index is 9.76. The Morgan fingerprint density at radius 1 is 1.11 bits per heavy atom. The smallest absolute Gasteiger partial charge is 0.125 e. The molecule has 0 fully saturated rings. The Labute approximate surface area is 172 Å². The molecular weight excluding hydrogens is 350 g/mol. The summed E-state index contributed by atoms with van der Waals surface area (Å²) in [4.78, 5) is 0. The lowest BCUT2D eigenvalue weighted by Gasteiger charge is -2.33. The second-order valence-electron chi connectivity index (χ2n) is 8.62. The van der Waals surface area contributed by atoms with Crippen LogP contribution in [0.4, 0.5) is 0 Å². The Hall–Kier alpha value is -1.26. The summed E-state index contributed by atoms with van der Waals surface area (Å²) >= 11 is 0. The molecular formula is C24H43NO3. The van der Waals surface area contributed by atoms with Gasteiger partial charge in [-0.2, -0.15) is 0 Å². The van der Waals surface area contributed by atoms with E-state index >= 15 is 0 Å². The molecule has 28 heavy (non-hydrogen) atoms. The third-order valence-electron chi connectivity index (χ3n) is 5.95. The fraction of sp³-hybridized carbons (Fsp3) is 0.750. The summed E-state index contributed by atoms with van der Waals surface area (Å²) in [5.74, 6) is 2.76. The molecule has 2 atom stereocenters. The van der Waals surface area contributed by atoms with Crippen molar-refractivity contribution in [3.8, 4) is 11.5 Å². The molecule has 0 saturated heterocycles. The van der Waals surface area contributed by atoms with Crippen LogP contribution in [-0.2, 0) is 6.42 Å². The Balaban J connectivity index is 2.50.